The van der Waals surface area contributed by atoms with Gasteiger partial charge in [-0.3, -0.25) is 0 Å². The summed E-state index contributed by atoms with van der Waals surface area (Å²) in [5, 5.41) is 0. The predicted octanol–water partition coefficient (Wildman–Crippen LogP) is 2.86. The van der Waals surface area contributed by atoms with Crippen LogP contribution >= 0.6 is 0 Å². The van der Waals surface area contributed by atoms with Crippen LogP contribution in [0.4, 0.5) is 0 Å². The lowest BCUT2D eigenvalue weighted by atomic mass is 10.5. The van der Waals surface area contributed by atoms with Crippen LogP contribution in [0.3, 0.4) is 0 Å². The zero-order chi connectivity index (χ0) is 11.4. The third-order valence-corrected chi connectivity index (χ3v) is 0.971. The van der Waals surface area contributed by atoms with Crippen LogP contribution < -0.4 is 0 Å². The lowest BCUT2D eigenvalue weighted by molar-refractivity contribution is 0.197. The van der Waals surface area contributed by atoms with E-state index < -0.39 is 0 Å². The summed E-state index contributed by atoms with van der Waals surface area (Å²) >= 11 is 0. The Hall–Kier alpha value is -1.22. The number of hydrogen-bond donors (Lipinski definition) is 0. The Labute approximate surface area is 86.7 Å². The Balaban J connectivity index is 0. The highest BCUT2D eigenvalue weighted by Crippen LogP contribution is 2.03. The molecule has 0 saturated carbocycles. The zero-order valence-corrected chi connectivity index (χ0v) is 9.50. The highest BCUT2D eigenvalue weighted by molar-refractivity contribution is 4.96. The molecule has 0 aromatic heterocycles. The van der Waals surface area contributed by atoms with Gasteiger partial charge in [-0.2, -0.15) is 0 Å². The highest BCUT2D eigenvalue weighted by Gasteiger charge is 1.95. The maximum atomic E-state index is 5.20. The second-order valence-electron chi connectivity index (χ2n) is 2.44. The second kappa shape index (κ2) is 11.8. The van der Waals surface area contributed by atoms with E-state index in [1.54, 1.807) is 21.1 Å². The Bertz CT molecular complexity index is 183. The Kier molecular flexibility index (Phi) is 12.8. The van der Waals surface area contributed by atoms with E-state index in [0.29, 0.717) is 12.4 Å². The first kappa shape index (κ1) is 15.3. The van der Waals surface area contributed by atoms with Crippen molar-refractivity contribution in [1.29, 1.82) is 0 Å². The van der Waals surface area contributed by atoms with Crippen molar-refractivity contribution in [3.8, 4) is 0 Å². The molecule has 0 aliphatic rings. The molecule has 82 valence electrons. The Morgan fingerprint density at radius 2 is 1.86 bits per heavy atom. The van der Waals surface area contributed by atoms with Crippen molar-refractivity contribution < 1.29 is 14.2 Å². The molecular weight excluding hydrogens is 180 g/mol. The Morgan fingerprint density at radius 1 is 1.36 bits per heavy atom. The van der Waals surface area contributed by atoms with Crippen molar-refractivity contribution in [2.45, 2.75) is 13.8 Å². The maximum Gasteiger partial charge on any atom is 0.145 e. The predicted molar refractivity (Wildman–Crippen MR) is 58.7 cm³/mol. The lowest BCUT2D eigenvalue weighted by Gasteiger charge is -2.07. The minimum Gasteiger partial charge on any atom is -0.494 e. The van der Waals surface area contributed by atoms with Crippen molar-refractivity contribution in [3.63, 3.8) is 0 Å². The molecule has 0 atom stereocenters. The van der Waals surface area contributed by atoms with Crippen LogP contribution in [0.25, 0.3) is 0 Å². The van der Waals surface area contributed by atoms with Gasteiger partial charge in [0, 0.05) is 14.2 Å². The van der Waals surface area contributed by atoms with Crippen LogP contribution in [0.1, 0.15) is 13.8 Å². The molecule has 0 fully saturated rings. The summed E-state index contributed by atoms with van der Waals surface area (Å²) in [4.78, 5) is 0. The average Bonchev–Trinajstić information content (AvgIpc) is 2.13. The highest BCUT2D eigenvalue weighted by atomic mass is 16.5. The van der Waals surface area contributed by atoms with Gasteiger partial charge < -0.3 is 14.2 Å². The topological polar surface area (TPSA) is 27.7 Å². The van der Waals surface area contributed by atoms with Gasteiger partial charge in [0.1, 0.15) is 12.4 Å². The van der Waals surface area contributed by atoms with E-state index in [0.717, 1.165) is 5.76 Å². The van der Waals surface area contributed by atoms with E-state index in [-0.39, 0.29) is 0 Å². The molecule has 0 amide bonds. The minimum absolute atomic E-state index is 0.410. The van der Waals surface area contributed by atoms with Gasteiger partial charge in [-0.25, -0.2) is 0 Å². The van der Waals surface area contributed by atoms with Crippen molar-refractivity contribution in [3.05, 3.63) is 37.0 Å². The van der Waals surface area contributed by atoms with Crippen LogP contribution in [-0.2, 0) is 14.2 Å². The van der Waals surface area contributed by atoms with Crippen LogP contribution in [0, 0.1) is 0 Å². The maximum absolute atomic E-state index is 5.20. The van der Waals surface area contributed by atoms with Gasteiger partial charge in [0.2, 0.25) is 0 Å². The van der Waals surface area contributed by atoms with Gasteiger partial charge >= 0.3 is 0 Å². The Morgan fingerprint density at radius 3 is 2.14 bits per heavy atom. The first-order valence-corrected chi connectivity index (χ1v) is 4.23. The van der Waals surface area contributed by atoms with Crippen LogP contribution in [-0.4, -0.2) is 20.8 Å². The zero-order valence-electron chi connectivity index (χ0n) is 9.50. The van der Waals surface area contributed by atoms with Crippen LogP contribution in [0.2, 0.25) is 0 Å². The average molecular weight is 200 g/mol. The van der Waals surface area contributed by atoms with E-state index in [9.17, 15) is 0 Å². The monoisotopic (exact) mass is 200 g/mol. The summed E-state index contributed by atoms with van der Waals surface area (Å²) in [5.41, 5.74) is 0. The largest absolute Gasteiger partial charge is 0.494 e. The molecule has 14 heavy (non-hydrogen) atoms. The van der Waals surface area contributed by atoms with Crippen LogP contribution in [0.5, 0.6) is 0 Å². The third-order valence-electron chi connectivity index (χ3n) is 0.971. The van der Waals surface area contributed by atoms with E-state index in [1.165, 1.54) is 6.26 Å². The molecule has 0 aromatic rings. The number of ether oxygens (including phenoxy) is 3. The van der Waals surface area contributed by atoms with Crippen molar-refractivity contribution in [2.75, 3.05) is 20.8 Å². The minimum atomic E-state index is 0.410. The standard InChI is InChI=1S/C9H14O2.C2H6O/c1-5-9(7-10-6-2)11-8(3)4;1-3-2/h5-6H,2-3,7H2,1,4H3;1-2H3/b9-5-;. The summed E-state index contributed by atoms with van der Waals surface area (Å²) < 4.78 is 14.4. The molecule has 0 rings (SSSR count). The molecule has 0 aliphatic carbocycles. The summed E-state index contributed by atoms with van der Waals surface area (Å²) in [6, 6.07) is 0. The molecule has 0 aromatic carbocycles. The van der Waals surface area contributed by atoms with E-state index in [2.05, 4.69) is 17.9 Å². The molecule has 0 bridgehead atoms. The number of allylic oxidation sites excluding steroid dienone is 2. The van der Waals surface area contributed by atoms with Gasteiger partial charge in [-0.05, 0) is 19.9 Å². The molecule has 0 N–H and O–H groups in total. The molecule has 0 aliphatic heterocycles. The van der Waals surface area contributed by atoms with Crippen molar-refractivity contribution in [1.82, 2.24) is 0 Å². The fourth-order valence-corrected chi connectivity index (χ4v) is 0.537. The normalized spacial score (nSPS) is 9.57. The lowest BCUT2D eigenvalue weighted by Crippen LogP contribution is -1.96. The van der Waals surface area contributed by atoms with Gasteiger partial charge in [-0.1, -0.05) is 13.2 Å². The van der Waals surface area contributed by atoms with E-state index >= 15 is 0 Å². The van der Waals surface area contributed by atoms with Gasteiger partial charge in [0.25, 0.3) is 0 Å². The SMILES string of the molecule is C=COC/C(=C/C)OC(=C)C.COC. The summed E-state index contributed by atoms with van der Waals surface area (Å²) in [7, 11) is 3.25. The summed E-state index contributed by atoms with van der Waals surface area (Å²) in [6.45, 7) is 11.1. The fourth-order valence-electron chi connectivity index (χ4n) is 0.537. The second-order valence-corrected chi connectivity index (χ2v) is 2.44. The third kappa shape index (κ3) is 13.4. The summed E-state index contributed by atoms with van der Waals surface area (Å²) in [6.07, 6.45) is 3.21. The first-order chi connectivity index (χ1) is 6.62. The molecule has 0 heterocycles. The molecule has 0 radical (unpaired) electrons. The van der Waals surface area contributed by atoms with Crippen molar-refractivity contribution >= 4 is 0 Å². The molecule has 3 nitrogen and oxygen atoms in total. The summed E-state index contributed by atoms with van der Waals surface area (Å²) in [5.74, 6) is 1.41. The molecule has 3 heteroatoms. The van der Waals surface area contributed by atoms with Gasteiger partial charge in [-0.15, -0.1) is 0 Å². The van der Waals surface area contributed by atoms with E-state index in [1.807, 2.05) is 13.0 Å². The number of methoxy groups -OCH3 is 1. The number of hydrogen-bond acceptors (Lipinski definition) is 3. The van der Waals surface area contributed by atoms with Crippen LogP contribution in [0.15, 0.2) is 37.0 Å². The van der Waals surface area contributed by atoms with Gasteiger partial charge in [0.05, 0.1) is 12.0 Å². The molecular formula is C11H20O3. The quantitative estimate of drug-likeness (QED) is 0.639. The first-order valence-electron chi connectivity index (χ1n) is 4.23. The smallest absolute Gasteiger partial charge is 0.145 e. The number of rotatable bonds is 5. The molecule has 0 saturated heterocycles. The molecule has 0 unspecified atom stereocenters. The van der Waals surface area contributed by atoms with Gasteiger partial charge in [0.15, 0.2) is 0 Å². The van der Waals surface area contributed by atoms with Crippen molar-refractivity contribution in [2.24, 2.45) is 0 Å². The molecule has 0 spiro atoms. The van der Waals surface area contributed by atoms with E-state index in [4.69, 9.17) is 9.47 Å². The fraction of sp³-hybridized carbons (Fsp3) is 0.455.